The standard InChI is InChI=1S/C12H18N2O/c15-11-14-10-4-6-12(14)5-3-9-13-7-1-2-8-13/h11-12H,1-2,4,6-10H2/t12-/m1/s1. The second-order valence-corrected chi connectivity index (χ2v) is 4.31. The highest BCUT2D eigenvalue weighted by Gasteiger charge is 2.20. The molecule has 2 aliphatic heterocycles. The van der Waals surface area contributed by atoms with Gasteiger partial charge >= 0.3 is 0 Å². The maximum Gasteiger partial charge on any atom is 0.210 e. The van der Waals surface area contributed by atoms with Gasteiger partial charge in [0.2, 0.25) is 6.41 Å². The van der Waals surface area contributed by atoms with Gasteiger partial charge < -0.3 is 4.90 Å². The summed E-state index contributed by atoms with van der Waals surface area (Å²) in [6, 6.07) is 0.185. The summed E-state index contributed by atoms with van der Waals surface area (Å²) in [6.45, 7) is 4.14. The highest BCUT2D eigenvalue weighted by atomic mass is 16.1. The minimum absolute atomic E-state index is 0.185. The SMILES string of the molecule is O=CN1CCC[C@H]1C#CCN1CCCC1. The molecule has 0 aromatic rings. The maximum absolute atomic E-state index is 10.7. The van der Waals surface area contributed by atoms with Crippen LogP contribution >= 0.6 is 0 Å². The number of carbonyl (C=O) groups is 1. The molecule has 1 amide bonds. The Morgan fingerprint density at radius 1 is 1.20 bits per heavy atom. The van der Waals surface area contributed by atoms with Crippen molar-refractivity contribution in [3.63, 3.8) is 0 Å². The van der Waals surface area contributed by atoms with E-state index in [-0.39, 0.29) is 6.04 Å². The summed E-state index contributed by atoms with van der Waals surface area (Å²) in [6.07, 6.45) is 5.70. The summed E-state index contributed by atoms with van der Waals surface area (Å²) >= 11 is 0. The molecule has 2 aliphatic rings. The summed E-state index contributed by atoms with van der Waals surface area (Å²) in [5, 5.41) is 0. The molecule has 3 nitrogen and oxygen atoms in total. The van der Waals surface area contributed by atoms with Crippen molar-refractivity contribution in [1.29, 1.82) is 0 Å². The molecule has 0 aliphatic carbocycles. The van der Waals surface area contributed by atoms with E-state index in [9.17, 15) is 4.79 Å². The highest BCUT2D eigenvalue weighted by molar-refractivity contribution is 5.49. The van der Waals surface area contributed by atoms with E-state index < -0.39 is 0 Å². The molecule has 2 fully saturated rings. The van der Waals surface area contributed by atoms with Gasteiger partial charge in [-0.1, -0.05) is 11.8 Å². The Morgan fingerprint density at radius 3 is 2.73 bits per heavy atom. The first-order valence-corrected chi connectivity index (χ1v) is 5.82. The van der Waals surface area contributed by atoms with Crippen molar-refractivity contribution in [3.05, 3.63) is 0 Å². The van der Waals surface area contributed by atoms with Crippen LogP contribution in [0.3, 0.4) is 0 Å². The number of nitrogens with zero attached hydrogens (tertiary/aromatic N) is 2. The zero-order valence-corrected chi connectivity index (χ0v) is 9.11. The topological polar surface area (TPSA) is 23.6 Å². The second kappa shape index (κ2) is 5.18. The Morgan fingerprint density at radius 2 is 2.00 bits per heavy atom. The summed E-state index contributed by atoms with van der Waals surface area (Å²) in [5.74, 6) is 6.42. The molecule has 0 unspecified atom stereocenters. The Kier molecular flexibility index (Phi) is 3.63. The van der Waals surface area contributed by atoms with Gasteiger partial charge in [-0.2, -0.15) is 0 Å². The van der Waals surface area contributed by atoms with Crippen LogP contribution in [0.1, 0.15) is 25.7 Å². The number of rotatable bonds is 2. The largest absolute Gasteiger partial charge is 0.331 e. The first kappa shape index (κ1) is 10.5. The van der Waals surface area contributed by atoms with Crippen LogP contribution in [0.5, 0.6) is 0 Å². The van der Waals surface area contributed by atoms with Crippen LogP contribution in [0.15, 0.2) is 0 Å². The number of carbonyl (C=O) groups excluding carboxylic acids is 1. The van der Waals surface area contributed by atoms with E-state index >= 15 is 0 Å². The number of likely N-dealkylation sites (tertiary alicyclic amines) is 2. The molecule has 2 heterocycles. The molecule has 0 aromatic carbocycles. The van der Waals surface area contributed by atoms with Gasteiger partial charge in [-0.25, -0.2) is 0 Å². The van der Waals surface area contributed by atoms with Crippen molar-refractivity contribution in [2.45, 2.75) is 31.7 Å². The third-order valence-electron chi connectivity index (χ3n) is 3.20. The van der Waals surface area contributed by atoms with Crippen LogP contribution in [0.2, 0.25) is 0 Å². The molecule has 82 valence electrons. The third kappa shape index (κ3) is 2.73. The van der Waals surface area contributed by atoms with Crippen LogP contribution in [-0.2, 0) is 4.79 Å². The number of hydrogen-bond donors (Lipinski definition) is 0. The number of amides is 1. The van der Waals surface area contributed by atoms with Crippen LogP contribution in [0.4, 0.5) is 0 Å². The fourth-order valence-electron chi connectivity index (χ4n) is 2.29. The molecule has 0 spiro atoms. The molecule has 0 N–H and O–H groups in total. The summed E-state index contributed by atoms with van der Waals surface area (Å²) in [5.41, 5.74) is 0. The smallest absolute Gasteiger partial charge is 0.210 e. The van der Waals surface area contributed by atoms with Crippen LogP contribution in [0.25, 0.3) is 0 Å². The van der Waals surface area contributed by atoms with Crippen molar-refractivity contribution in [2.75, 3.05) is 26.2 Å². The maximum atomic E-state index is 10.7. The Hall–Kier alpha value is -1.01. The average molecular weight is 206 g/mol. The molecule has 15 heavy (non-hydrogen) atoms. The van der Waals surface area contributed by atoms with E-state index in [1.807, 2.05) is 4.90 Å². The molecule has 2 rings (SSSR count). The van der Waals surface area contributed by atoms with E-state index in [0.29, 0.717) is 0 Å². The normalized spacial score (nSPS) is 26.4. The van der Waals surface area contributed by atoms with Gasteiger partial charge in [0.05, 0.1) is 12.6 Å². The Bertz CT molecular complexity index is 273. The van der Waals surface area contributed by atoms with E-state index in [1.165, 1.54) is 25.9 Å². The monoisotopic (exact) mass is 206 g/mol. The molecule has 2 saturated heterocycles. The van der Waals surface area contributed by atoms with Gasteiger partial charge in [-0.15, -0.1) is 0 Å². The number of hydrogen-bond acceptors (Lipinski definition) is 2. The van der Waals surface area contributed by atoms with Crippen molar-refractivity contribution in [3.8, 4) is 11.8 Å². The van der Waals surface area contributed by atoms with Crippen LogP contribution < -0.4 is 0 Å². The summed E-state index contributed by atoms with van der Waals surface area (Å²) in [4.78, 5) is 14.9. The van der Waals surface area contributed by atoms with E-state index in [0.717, 1.165) is 32.3 Å². The lowest BCUT2D eigenvalue weighted by atomic mass is 10.2. The van der Waals surface area contributed by atoms with Gasteiger partial charge in [0, 0.05) is 6.54 Å². The lowest BCUT2D eigenvalue weighted by Crippen LogP contribution is -2.26. The van der Waals surface area contributed by atoms with Gasteiger partial charge in [0.25, 0.3) is 0 Å². The molecule has 0 bridgehead atoms. The first-order valence-electron chi connectivity index (χ1n) is 5.82. The van der Waals surface area contributed by atoms with Crippen LogP contribution in [0, 0.1) is 11.8 Å². The van der Waals surface area contributed by atoms with Crippen molar-refractivity contribution in [1.82, 2.24) is 9.80 Å². The second-order valence-electron chi connectivity index (χ2n) is 4.31. The Balaban J connectivity index is 1.79. The van der Waals surface area contributed by atoms with Gasteiger partial charge in [-0.05, 0) is 38.8 Å². The fraction of sp³-hybridized carbons (Fsp3) is 0.750. The third-order valence-corrected chi connectivity index (χ3v) is 3.20. The summed E-state index contributed by atoms with van der Waals surface area (Å²) in [7, 11) is 0. The lowest BCUT2D eigenvalue weighted by molar-refractivity contribution is -0.118. The molecular weight excluding hydrogens is 188 g/mol. The van der Waals surface area contributed by atoms with E-state index in [4.69, 9.17) is 0 Å². The zero-order chi connectivity index (χ0) is 10.5. The van der Waals surface area contributed by atoms with Crippen LogP contribution in [-0.4, -0.2) is 48.4 Å². The lowest BCUT2D eigenvalue weighted by Gasteiger charge is -2.14. The predicted octanol–water partition coefficient (Wildman–Crippen LogP) is 0.706. The van der Waals surface area contributed by atoms with Gasteiger partial charge in [-0.3, -0.25) is 9.69 Å². The van der Waals surface area contributed by atoms with Crippen molar-refractivity contribution < 1.29 is 4.79 Å². The quantitative estimate of drug-likeness (QED) is 0.490. The minimum atomic E-state index is 0.185. The highest BCUT2D eigenvalue weighted by Crippen LogP contribution is 2.13. The molecule has 0 saturated carbocycles. The van der Waals surface area contributed by atoms with Gasteiger partial charge in [0.1, 0.15) is 0 Å². The average Bonchev–Trinajstić information content (AvgIpc) is 2.88. The molecular formula is C12H18N2O. The van der Waals surface area contributed by atoms with Gasteiger partial charge in [0.15, 0.2) is 0 Å². The molecule has 3 heteroatoms. The fourth-order valence-corrected chi connectivity index (χ4v) is 2.29. The minimum Gasteiger partial charge on any atom is -0.331 e. The van der Waals surface area contributed by atoms with E-state index in [2.05, 4.69) is 16.7 Å². The zero-order valence-electron chi connectivity index (χ0n) is 9.11. The Labute approximate surface area is 91.4 Å². The molecule has 1 atom stereocenters. The van der Waals surface area contributed by atoms with Crippen molar-refractivity contribution >= 4 is 6.41 Å². The summed E-state index contributed by atoms with van der Waals surface area (Å²) < 4.78 is 0. The first-order chi connectivity index (χ1) is 7.40. The van der Waals surface area contributed by atoms with Crippen molar-refractivity contribution in [2.24, 2.45) is 0 Å². The van der Waals surface area contributed by atoms with E-state index in [1.54, 1.807) is 0 Å². The molecule has 0 radical (unpaired) electrons. The predicted molar refractivity (Wildman–Crippen MR) is 59.2 cm³/mol. The molecule has 0 aromatic heterocycles.